The molecule has 4 aromatic rings. The standard InChI is InChI=1S/C25H22N2O2S/c1-3-29-22-7-5-4-6-18(22)11-15-24(28)26-20-12-9-19(10-13-20)25-27-21-14-8-17(2)16-23(21)30-25/h4-16H,3H2,1-2H3,(H,26,28)/b15-11+. The van der Waals surface area contributed by atoms with Crippen molar-refractivity contribution < 1.29 is 9.53 Å². The predicted octanol–water partition coefficient (Wildman–Crippen LogP) is 6.32. The summed E-state index contributed by atoms with van der Waals surface area (Å²) in [6.45, 7) is 4.60. The van der Waals surface area contributed by atoms with Gasteiger partial charge in [-0.2, -0.15) is 0 Å². The topological polar surface area (TPSA) is 51.2 Å². The lowest BCUT2D eigenvalue weighted by Gasteiger charge is -2.06. The van der Waals surface area contributed by atoms with Crippen LogP contribution in [-0.4, -0.2) is 17.5 Å². The maximum absolute atomic E-state index is 12.3. The second-order valence-electron chi connectivity index (χ2n) is 6.86. The van der Waals surface area contributed by atoms with E-state index in [9.17, 15) is 4.79 Å². The first kappa shape index (κ1) is 19.9. The van der Waals surface area contributed by atoms with Crippen LogP contribution >= 0.6 is 11.3 Å². The van der Waals surface area contributed by atoms with Crippen LogP contribution in [0.1, 0.15) is 18.1 Å². The monoisotopic (exact) mass is 414 g/mol. The van der Waals surface area contributed by atoms with Crippen molar-refractivity contribution in [1.82, 2.24) is 4.98 Å². The number of rotatable bonds is 6. The summed E-state index contributed by atoms with van der Waals surface area (Å²) in [7, 11) is 0. The third kappa shape index (κ3) is 4.58. The van der Waals surface area contributed by atoms with Gasteiger partial charge >= 0.3 is 0 Å². The highest BCUT2D eigenvalue weighted by atomic mass is 32.1. The highest BCUT2D eigenvalue weighted by Crippen LogP contribution is 2.31. The highest BCUT2D eigenvalue weighted by molar-refractivity contribution is 7.21. The Morgan fingerprint density at radius 3 is 2.70 bits per heavy atom. The molecule has 4 nitrogen and oxygen atoms in total. The number of carbonyl (C=O) groups excluding carboxylic acids is 1. The number of aromatic nitrogens is 1. The van der Waals surface area contributed by atoms with Crippen molar-refractivity contribution in [2.24, 2.45) is 0 Å². The fourth-order valence-corrected chi connectivity index (χ4v) is 4.18. The molecular formula is C25H22N2O2S. The molecule has 0 saturated heterocycles. The van der Waals surface area contributed by atoms with E-state index >= 15 is 0 Å². The van der Waals surface area contributed by atoms with Gasteiger partial charge in [0.05, 0.1) is 16.8 Å². The Bertz CT molecular complexity index is 1210. The summed E-state index contributed by atoms with van der Waals surface area (Å²) >= 11 is 1.67. The van der Waals surface area contributed by atoms with Crippen LogP contribution in [0.5, 0.6) is 5.75 Å². The number of fused-ring (bicyclic) bond motifs is 1. The van der Waals surface area contributed by atoms with Gasteiger partial charge in [-0.1, -0.05) is 24.3 Å². The minimum Gasteiger partial charge on any atom is -0.493 e. The molecule has 1 N–H and O–H groups in total. The first-order valence-electron chi connectivity index (χ1n) is 9.81. The molecule has 30 heavy (non-hydrogen) atoms. The lowest BCUT2D eigenvalue weighted by atomic mass is 10.2. The predicted molar refractivity (Wildman–Crippen MR) is 125 cm³/mol. The molecule has 1 amide bonds. The van der Waals surface area contributed by atoms with Crippen molar-refractivity contribution in [3.8, 4) is 16.3 Å². The van der Waals surface area contributed by atoms with Gasteiger partial charge in [0, 0.05) is 22.9 Å². The van der Waals surface area contributed by atoms with Gasteiger partial charge in [-0.15, -0.1) is 11.3 Å². The number of hydrogen-bond acceptors (Lipinski definition) is 4. The number of nitrogens with zero attached hydrogens (tertiary/aromatic N) is 1. The normalized spacial score (nSPS) is 11.1. The number of carbonyl (C=O) groups is 1. The molecule has 1 aromatic heterocycles. The van der Waals surface area contributed by atoms with Crippen LogP contribution in [0.3, 0.4) is 0 Å². The van der Waals surface area contributed by atoms with Crippen molar-refractivity contribution in [2.75, 3.05) is 11.9 Å². The van der Waals surface area contributed by atoms with E-state index < -0.39 is 0 Å². The van der Waals surface area contributed by atoms with Crippen molar-refractivity contribution in [3.63, 3.8) is 0 Å². The molecule has 0 unspecified atom stereocenters. The maximum atomic E-state index is 12.3. The fourth-order valence-electron chi connectivity index (χ4n) is 3.11. The van der Waals surface area contributed by atoms with Crippen LogP contribution in [0.2, 0.25) is 0 Å². The van der Waals surface area contributed by atoms with Crippen molar-refractivity contribution in [3.05, 3.63) is 83.9 Å². The third-order valence-corrected chi connectivity index (χ3v) is 5.64. The van der Waals surface area contributed by atoms with Gasteiger partial charge in [0.15, 0.2) is 0 Å². The Kier molecular flexibility index (Phi) is 5.91. The number of thiazole rings is 1. The minimum atomic E-state index is -0.190. The highest BCUT2D eigenvalue weighted by Gasteiger charge is 2.07. The molecule has 0 atom stereocenters. The van der Waals surface area contributed by atoms with Gasteiger partial charge in [0.25, 0.3) is 0 Å². The van der Waals surface area contributed by atoms with Gasteiger partial charge < -0.3 is 10.1 Å². The van der Waals surface area contributed by atoms with Crippen molar-refractivity contribution in [2.45, 2.75) is 13.8 Å². The summed E-state index contributed by atoms with van der Waals surface area (Å²) in [4.78, 5) is 17.0. The summed E-state index contributed by atoms with van der Waals surface area (Å²) in [5.74, 6) is 0.573. The second-order valence-corrected chi connectivity index (χ2v) is 7.89. The number of para-hydroxylation sites is 1. The average molecular weight is 415 g/mol. The molecule has 3 aromatic carbocycles. The molecule has 1 heterocycles. The zero-order valence-electron chi connectivity index (χ0n) is 16.9. The number of hydrogen-bond donors (Lipinski definition) is 1. The average Bonchev–Trinajstić information content (AvgIpc) is 3.17. The lowest BCUT2D eigenvalue weighted by Crippen LogP contribution is -2.07. The molecule has 0 bridgehead atoms. The number of nitrogens with one attached hydrogen (secondary N) is 1. The third-order valence-electron chi connectivity index (χ3n) is 4.58. The van der Waals surface area contributed by atoms with E-state index in [1.165, 1.54) is 16.3 Å². The van der Waals surface area contributed by atoms with Crippen molar-refractivity contribution >= 4 is 39.2 Å². The Hall–Kier alpha value is -3.44. The number of aryl methyl sites for hydroxylation is 1. The molecule has 4 rings (SSSR count). The summed E-state index contributed by atoms with van der Waals surface area (Å²) < 4.78 is 6.76. The Labute approximate surface area is 179 Å². The molecule has 150 valence electrons. The molecule has 0 fully saturated rings. The molecule has 0 aliphatic carbocycles. The van der Waals surface area contributed by atoms with Gasteiger partial charge in [-0.3, -0.25) is 4.79 Å². The smallest absolute Gasteiger partial charge is 0.248 e. The van der Waals surface area contributed by atoms with Crippen LogP contribution in [-0.2, 0) is 4.79 Å². The number of ether oxygens (including phenoxy) is 1. The Balaban J connectivity index is 1.44. The molecule has 0 radical (unpaired) electrons. The summed E-state index contributed by atoms with van der Waals surface area (Å²) in [5.41, 5.74) is 4.88. The molecule has 0 saturated carbocycles. The molecular weight excluding hydrogens is 392 g/mol. The van der Waals surface area contributed by atoms with E-state index in [1.54, 1.807) is 17.4 Å². The molecule has 0 aliphatic rings. The number of anilines is 1. The van der Waals surface area contributed by atoms with Crippen LogP contribution in [0.4, 0.5) is 5.69 Å². The fraction of sp³-hybridized carbons (Fsp3) is 0.120. The Morgan fingerprint density at radius 2 is 1.90 bits per heavy atom. The lowest BCUT2D eigenvalue weighted by molar-refractivity contribution is -0.111. The van der Waals surface area contributed by atoms with Gasteiger partial charge in [-0.25, -0.2) is 4.98 Å². The van der Waals surface area contributed by atoms with Crippen LogP contribution in [0.15, 0.2) is 72.8 Å². The van der Waals surface area contributed by atoms with Gasteiger partial charge in [0.1, 0.15) is 10.8 Å². The molecule has 0 spiro atoms. The van der Waals surface area contributed by atoms with E-state index in [0.717, 1.165) is 33.1 Å². The van der Waals surface area contributed by atoms with Crippen molar-refractivity contribution in [1.29, 1.82) is 0 Å². The van der Waals surface area contributed by atoms with E-state index in [4.69, 9.17) is 9.72 Å². The maximum Gasteiger partial charge on any atom is 0.248 e. The molecule has 5 heteroatoms. The van der Waals surface area contributed by atoms with E-state index in [1.807, 2.05) is 55.5 Å². The van der Waals surface area contributed by atoms with Crippen LogP contribution in [0.25, 0.3) is 26.9 Å². The quantitative estimate of drug-likeness (QED) is 0.376. The summed E-state index contributed by atoms with van der Waals surface area (Å²) in [5, 5.41) is 3.87. The van der Waals surface area contributed by atoms with Gasteiger partial charge in [-0.05, 0) is 68.0 Å². The summed E-state index contributed by atoms with van der Waals surface area (Å²) in [6.07, 6.45) is 3.28. The van der Waals surface area contributed by atoms with E-state index in [2.05, 4.69) is 30.4 Å². The first-order valence-corrected chi connectivity index (χ1v) is 10.6. The van der Waals surface area contributed by atoms with E-state index in [-0.39, 0.29) is 5.91 Å². The van der Waals surface area contributed by atoms with Gasteiger partial charge in [0.2, 0.25) is 5.91 Å². The zero-order valence-corrected chi connectivity index (χ0v) is 17.7. The largest absolute Gasteiger partial charge is 0.493 e. The van der Waals surface area contributed by atoms with Crippen LogP contribution in [0, 0.1) is 6.92 Å². The van der Waals surface area contributed by atoms with E-state index in [0.29, 0.717) is 6.61 Å². The minimum absolute atomic E-state index is 0.190. The SMILES string of the molecule is CCOc1ccccc1/C=C/C(=O)Nc1ccc(-c2nc3ccc(C)cc3s2)cc1. The molecule has 0 aliphatic heterocycles. The van der Waals surface area contributed by atoms with Crippen LogP contribution < -0.4 is 10.1 Å². The zero-order chi connectivity index (χ0) is 20.9. The first-order chi connectivity index (χ1) is 14.6. The number of amides is 1. The summed E-state index contributed by atoms with van der Waals surface area (Å²) in [6, 6.07) is 21.7. The number of benzene rings is 3. The second kappa shape index (κ2) is 8.93. The Morgan fingerprint density at radius 1 is 1.10 bits per heavy atom.